The van der Waals surface area contributed by atoms with Gasteiger partial charge in [0, 0.05) is 3.33 Å². The number of thioether (sulfide) groups is 4. The molecule has 3 rings (SSSR count). The lowest BCUT2D eigenvalue weighted by atomic mass is 10.5. The van der Waals surface area contributed by atoms with Gasteiger partial charge in [-0.05, 0) is 47.9 Å². The predicted octanol–water partition coefficient (Wildman–Crippen LogP) is 5.63. The molecular weight excluding hydrogens is 353 g/mol. The van der Waals surface area contributed by atoms with E-state index in [4.69, 9.17) is 0 Å². The highest BCUT2D eigenvalue weighted by atomic mass is 32.2. The minimum Gasteiger partial charge on any atom is -0.151 e. The molecule has 3 aliphatic heterocycles. The molecule has 0 atom stereocenters. The summed E-state index contributed by atoms with van der Waals surface area (Å²) in [6, 6.07) is 3.15. The van der Waals surface area contributed by atoms with Crippen LogP contribution in [0.5, 0.6) is 0 Å². The molecule has 116 valence electrons. The Kier molecular flexibility index (Phi) is 4.78. The van der Waals surface area contributed by atoms with Gasteiger partial charge >= 0.3 is 0 Å². The molecule has 3 saturated heterocycles. The minimum absolute atomic E-state index is 0.632. The Bertz CT molecular complexity index is 349. The van der Waals surface area contributed by atoms with Crippen molar-refractivity contribution in [2.45, 2.75) is 58.5 Å². The van der Waals surface area contributed by atoms with Gasteiger partial charge in [0.15, 0.2) is 0 Å². The standard InChI is InChI=1S/C14H28S4Si2/c1-19(2)11-13(15-7-5-8-16-13)12-20(3,4)14(19)17-9-6-10-18-14/h5-12H2,1-4H3. The molecule has 0 nitrogen and oxygen atoms in total. The Morgan fingerprint density at radius 2 is 1.05 bits per heavy atom. The zero-order valence-electron chi connectivity index (χ0n) is 13.3. The molecule has 0 aromatic rings. The van der Waals surface area contributed by atoms with E-state index in [2.05, 4.69) is 73.2 Å². The highest BCUT2D eigenvalue weighted by Crippen LogP contribution is 2.66. The molecular formula is C14H28S4Si2. The fraction of sp³-hybridized carbons (Fsp3) is 1.00. The van der Waals surface area contributed by atoms with Crippen LogP contribution in [0.3, 0.4) is 0 Å². The maximum Gasteiger partial charge on any atom is 0.0766 e. The van der Waals surface area contributed by atoms with Gasteiger partial charge in [-0.25, -0.2) is 0 Å². The van der Waals surface area contributed by atoms with Crippen molar-refractivity contribution in [2.75, 3.05) is 23.0 Å². The molecule has 0 saturated carbocycles. The molecule has 0 N–H and O–H groups in total. The van der Waals surface area contributed by atoms with Gasteiger partial charge in [0.1, 0.15) is 0 Å². The van der Waals surface area contributed by atoms with Crippen LogP contribution in [-0.4, -0.2) is 46.6 Å². The Morgan fingerprint density at radius 3 is 1.50 bits per heavy atom. The molecule has 0 unspecified atom stereocenters. The molecule has 0 bridgehead atoms. The van der Waals surface area contributed by atoms with Crippen molar-refractivity contribution in [3.63, 3.8) is 0 Å². The van der Waals surface area contributed by atoms with E-state index in [0.29, 0.717) is 7.40 Å². The summed E-state index contributed by atoms with van der Waals surface area (Å²) in [6.07, 6.45) is 2.89. The Balaban J connectivity index is 1.95. The van der Waals surface area contributed by atoms with E-state index in [0.717, 1.165) is 0 Å². The predicted molar refractivity (Wildman–Crippen MR) is 109 cm³/mol. The Morgan fingerprint density at radius 1 is 0.650 bits per heavy atom. The van der Waals surface area contributed by atoms with E-state index < -0.39 is 16.1 Å². The van der Waals surface area contributed by atoms with Crippen LogP contribution in [0.2, 0.25) is 38.3 Å². The SMILES string of the molecule is C[Si]1(C)CC2(C[Si](C)(C)C13SCCCS3)SCCCS2. The van der Waals surface area contributed by atoms with Crippen molar-refractivity contribution >= 4 is 63.2 Å². The highest BCUT2D eigenvalue weighted by molar-refractivity contribution is 8.24. The van der Waals surface area contributed by atoms with E-state index in [1.165, 1.54) is 35.9 Å². The molecule has 0 aromatic carbocycles. The third-order valence-corrected chi connectivity index (χ3v) is 30.9. The smallest absolute Gasteiger partial charge is 0.0766 e. The van der Waals surface area contributed by atoms with Crippen molar-refractivity contribution in [2.24, 2.45) is 0 Å². The Hall–Kier alpha value is 1.83. The zero-order chi connectivity index (χ0) is 14.5. The average molecular weight is 381 g/mol. The monoisotopic (exact) mass is 380 g/mol. The topological polar surface area (TPSA) is 0 Å². The van der Waals surface area contributed by atoms with Gasteiger partial charge in [0.2, 0.25) is 0 Å². The summed E-state index contributed by atoms with van der Waals surface area (Å²) < 4.78 is 1.34. The highest BCUT2D eigenvalue weighted by Gasteiger charge is 2.66. The van der Waals surface area contributed by atoms with Gasteiger partial charge in [-0.2, -0.15) is 23.5 Å². The zero-order valence-corrected chi connectivity index (χ0v) is 18.6. The summed E-state index contributed by atoms with van der Waals surface area (Å²) in [4.78, 5) is 0. The quantitative estimate of drug-likeness (QED) is 0.499. The fourth-order valence-corrected chi connectivity index (χ4v) is 35.0. The van der Waals surface area contributed by atoms with Crippen LogP contribution in [0.1, 0.15) is 12.8 Å². The van der Waals surface area contributed by atoms with Crippen LogP contribution in [0.25, 0.3) is 0 Å². The van der Waals surface area contributed by atoms with Crippen molar-refractivity contribution in [1.29, 1.82) is 0 Å². The van der Waals surface area contributed by atoms with Crippen LogP contribution in [-0.2, 0) is 0 Å². The van der Waals surface area contributed by atoms with Gasteiger partial charge in [-0.1, -0.05) is 26.2 Å². The van der Waals surface area contributed by atoms with Gasteiger partial charge in [-0.3, -0.25) is 0 Å². The second kappa shape index (κ2) is 5.73. The van der Waals surface area contributed by atoms with Gasteiger partial charge < -0.3 is 0 Å². The van der Waals surface area contributed by atoms with E-state index >= 15 is 0 Å². The first-order valence-corrected chi connectivity index (χ1v) is 18.2. The summed E-state index contributed by atoms with van der Waals surface area (Å²) in [6.45, 7) is 11.0. The van der Waals surface area contributed by atoms with Crippen LogP contribution in [0.4, 0.5) is 0 Å². The molecule has 6 heteroatoms. The average Bonchev–Trinajstić information content (AvgIpc) is 2.37. The van der Waals surface area contributed by atoms with Crippen LogP contribution >= 0.6 is 47.0 Å². The first kappa shape index (κ1) is 16.7. The first-order valence-electron chi connectivity index (χ1n) is 7.89. The summed E-state index contributed by atoms with van der Waals surface area (Å²) in [7, 11) is -2.38. The van der Waals surface area contributed by atoms with Gasteiger partial charge in [0.25, 0.3) is 0 Å². The molecule has 0 radical (unpaired) electrons. The number of rotatable bonds is 0. The normalized spacial score (nSPS) is 34.2. The van der Waals surface area contributed by atoms with E-state index in [1.54, 1.807) is 12.1 Å². The molecule has 2 spiro atoms. The summed E-state index contributed by atoms with van der Waals surface area (Å²) in [5.41, 5.74) is 0. The molecule has 3 heterocycles. The van der Waals surface area contributed by atoms with Crippen molar-refractivity contribution in [3.05, 3.63) is 0 Å². The van der Waals surface area contributed by atoms with Crippen LogP contribution in [0, 0.1) is 0 Å². The van der Waals surface area contributed by atoms with Crippen LogP contribution < -0.4 is 0 Å². The van der Waals surface area contributed by atoms with Crippen LogP contribution in [0.15, 0.2) is 0 Å². The van der Waals surface area contributed by atoms with E-state index in [-0.39, 0.29) is 0 Å². The van der Waals surface area contributed by atoms with E-state index in [1.807, 2.05) is 0 Å². The summed E-state index contributed by atoms with van der Waals surface area (Å²) in [5.74, 6) is 5.73. The van der Waals surface area contributed by atoms with Gasteiger partial charge in [-0.15, -0.1) is 23.5 Å². The van der Waals surface area contributed by atoms with Crippen molar-refractivity contribution in [3.8, 4) is 0 Å². The lowest BCUT2D eigenvalue weighted by Gasteiger charge is -2.63. The van der Waals surface area contributed by atoms with Crippen molar-refractivity contribution < 1.29 is 0 Å². The second-order valence-electron chi connectivity index (χ2n) is 7.75. The largest absolute Gasteiger partial charge is 0.151 e. The Labute approximate surface area is 144 Å². The third-order valence-electron chi connectivity index (χ3n) is 5.12. The minimum atomic E-state index is -1.19. The maximum absolute atomic E-state index is 2.74. The molecule has 0 aromatic heterocycles. The first-order chi connectivity index (χ1) is 9.33. The maximum atomic E-state index is 2.74. The molecule has 20 heavy (non-hydrogen) atoms. The number of hydrogen-bond donors (Lipinski definition) is 0. The lowest BCUT2D eigenvalue weighted by Crippen LogP contribution is -2.72. The molecule has 3 aliphatic rings. The number of hydrogen-bond acceptors (Lipinski definition) is 4. The summed E-state index contributed by atoms with van der Waals surface area (Å²) in [5, 5.41) is 0. The van der Waals surface area contributed by atoms with E-state index in [9.17, 15) is 0 Å². The molecule has 0 amide bonds. The molecule has 3 fully saturated rings. The third kappa shape index (κ3) is 2.62. The fourth-order valence-electron chi connectivity index (χ4n) is 4.69. The molecule has 0 aliphatic carbocycles. The van der Waals surface area contributed by atoms with Gasteiger partial charge in [0.05, 0.1) is 20.2 Å². The van der Waals surface area contributed by atoms with Crippen molar-refractivity contribution in [1.82, 2.24) is 0 Å². The lowest BCUT2D eigenvalue weighted by molar-refractivity contribution is 0.892. The summed E-state index contributed by atoms with van der Waals surface area (Å²) >= 11 is 9.54. The second-order valence-corrected chi connectivity index (χ2v) is 25.5.